The highest BCUT2D eigenvalue weighted by Gasteiger charge is 2.37. The molecule has 0 bridgehead atoms. The van der Waals surface area contributed by atoms with Gasteiger partial charge in [-0.3, -0.25) is 0 Å². The maximum atomic E-state index is 12.9. The Morgan fingerprint density at radius 2 is 1.86 bits per heavy atom. The lowest BCUT2D eigenvalue weighted by molar-refractivity contribution is 0.271. The maximum Gasteiger partial charge on any atom is 0.240 e. The summed E-state index contributed by atoms with van der Waals surface area (Å²) in [5, 5.41) is 10.7. The van der Waals surface area contributed by atoms with Crippen LogP contribution < -0.4 is 4.72 Å². The van der Waals surface area contributed by atoms with Gasteiger partial charge in [-0.05, 0) is 49.9 Å². The van der Waals surface area contributed by atoms with Crippen molar-refractivity contribution in [1.82, 2.24) is 9.71 Å². The van der Waals surface area contributed by atoms with Crippen molar-refractivity contribution in [3.8, 4) is 6.07 Å². The summed E-state index contributed by atoms with van der Waals surface area (Å²) in [5.41, 5.74) is 1.90. The topological polar surface area (TPSA) is 82.9 Å². The number of aryl methyl sites for hydroxylation is 1. The molecular formula is C22H23N3O2S2. The van der Waals surface area contributed by atoms with Gasteiger partial charge in [-0.2, -0.15) is 5.26 Å². The van der Waals surface area contributed by atoms with E-state index in [0.717, 1.165) is 46.5 Å². The highest BCUT2D eigenvalue weighted by molar-refractivity contribution is 7.89. The van der Waals surface area contributed by atoms with Crippen LogP contribution >= 0.6 is 11.3 Å². The molecule has 1 heterocycles. The molecule has 1 N–H and O–H groups in total. The van der Waals surface area contributed by atoms with Gasteiger partial charge in [0.2, 0.25) is 10.0 Å². The largest absolute Gasteiger partial charge is 0.240 e. The average molecular weight is 426 g/mol. The van der Waals surface area contributed by atoms with E-state index in [-0.39, 0.29) is 16.9 Å². The zero-order chi connectivity index (χ0) is 20.4. The van der Waals surface area contributed by atoms with Gasteiger partial charge in [0, 0.05) is 6.04 Å². The maximum absolute atomic E-state index is 12.9. The van der Waals surface area contributed by atoms with Gasteiger partial charge in [0.15, 0.2) is 0 Å². The number of hydrogen-bond donors (Lipinski definition) is 1. The summed E-state index contributed by atoms with van der Waals surface area (Å²) in [7, 11) is -3.63. The predicted molar refractivity (Wildman–Crippen MR) is 115 cm³/mol. The van der Waals surface area contributed by atoms with Gasteiger partial charge in [-0.25, -0.2) is 18.1 Å². The Morgan fingerprint density at radius 1 is 1.14 bits per heavy atom. The van der Waals surface area contributed by atoms with Crippen molar-refractivity contribution >= 4 is 31.6 Å². The second kappa shape index (κ2) is 8.23. The van der Waals surface area contributed by atoms with E-state index < -0.39 is 15.9 Å². The van der Waals surface area contributed by atoms with Crippen LogP contribution in [0, 0.1) is 24.2 Å². The summed E-state index contributed by atoms with van der Waals surface area (Å²) in [5.74, 6) is -0.507. The molecule has 3 aromatic rings. The van der Waals surface area contributed by atoms with Crippen molar-refractivity contribution < 1.29 is 8.42 Å². The second-order valence-electron chi connectivity index (χ2n) is 7.62. The minimum atomic E-state index is -3.63. The Balaban J connectivity index is 1.62. The van der Waals surface area contributed by atoms with Crippen molar-refractivity contribution in [2.45, 2.75) is 49.5 Å². The second-order valence-corrected chi connectivity index (χ2v) is 10.4. The van der Waals surface area contributed by atoms with Gasteiger partial charge >= 0.3 is 0 Å². The third kappa shape index (κ3) is 4.20. The molecule has 1 aliphatic rings. The highest BCUT2D eigenvalue weighted by Crippen LogP contribution is 2.39. The number of benzene rings is 2. The van der Waals surface area contributed by atoms with Crippen LogP contribution in [0.25, 0.3) is 10.2 Å². The zero-order valence-corrected chi connectivity index (χ0v) is 17.8. The number of para-hydroxylation sites is 1. The van der Waals surface area contributed by atoms with Gasteiger partial charge in [0.1, 0.15) is 10.9 Å². The Kier molecular flexibility index (Phi) is 5.68. The van der Waals surface area contributed by atoms with Crippen LogP contribution in [-0.4, -0.2) is 19.4 Å². The Hall–Kier alpha value is -2.27. The van der Waals surface area contributed by atoms with Crippen LogP contribution in [0.1, 0.15) is 42.2 Å². The van der Waals surface area contributed by atoms with Gasteiger partial charge in [-0.1, -0.05) is 42.7 Å². The molecule has 7 heteroatoms. The van der Waals surface area contributed by atoms with Crippen LogP contribution in [0.4, 0.5) is 0 Å². The first-order valence-electron chi connectivity index (χ1n) is 9.82. The molecule has 1 aromatic heterocycles. The summed E-state index contributed by atoms with van der Waals surface area (Å²) in [6.07, 6.45) is 3.50. The molecule has 1 fully saturated rings. The molecule has 2 aromatic carbocycles. The van der Waals surface area contributed by atoms with E-state index in [0.29, 0.717) is 0 Å². The molecule has 0 unspecified atom stereocenters. The predicted octanol–water partition coefficient (Wildman–Crippen LogP) is 4.75. The van der Waals surface area contributed by atoms with E-state index in [2.05, 4.69) is 15.8 Å². The molecule has 1 aliphatic carbocycles. The number of nitrogens with one attached hydrogen (secondary N) is 1. The minimum Gasteiger partial charge on any atom is -0.240 e. The van der Waals surface area contributed by atoms with E-state index in [1.54, 1.807) is 24.3 Å². The Morgan fingerprint density at radius 3 is 2.59 bits per heavy atom. The van der Waals surface area contributed by atoms with E-state index in [1.165, 1.54) is 11.3 Å². The fraction of sp³-hybridized carbons (Fsp3) is 0.364. The molecule has 29 heavy (non-hydrogen) atoms. The standard InChI is InChI=1S/C22H23N3O2S2/c1-15-10-12-16(13-11-15)29(26,27)25-19-7-3-2-6-17(19)18(14-23)22-24-20-8-4-5-9-21(20)28-22/h4-5,8-13,17-19,25H,2-3,6-7H2,1H3/t17-,18-,19+/m0/s1. The molecule has 4 rings (SSSR count). The fourth-order valence-electron chi connectivity index (χ4n) is 4.05. The third-order valence-corrected chi connectivity index (χ3v) is 8.23. The first-order valence-corrected chi connectivity index (χ1v) is 12.1. The molecular weight excluding hydrogens is 402 g/mol. The van der Waals surface area contributed by atoms with E-state index >= 15 is 0 Å². The van der Waals surface area contributed by atoms with Crippen molar-refractivity contribution in [2.75, 3.05) is 0 Å². The fourth-order valence-corrected chi connectivity index (χ4v) is 6.46. The number of nitriles is 1. The quantitative estimate of drug-likeness (QED) is 0.639. The molecule has 0 radical (unpaired) electrons. The van der Waals surface area contributed by atoms with Crippen LogP contribution in [0.5, 0.6) is 0 Å². The smallest absolute Gasteiger partial charge is 0.240 e. The lowest BCUT2D eigenvalue weighted by Gasteiger charge is -2.34. The normalized spacial score (nSPS) is 21.0. The summed E-state index contributed by atoms with van der Waals surface area (Å²) >= 11 is 1.53. The van der Waals surface area contributed by atoms with Gasteiger partial charge < -0.3 is 0 Å². The molecule has 1 saturated carbocycles. The summed E-state index contributed by atoms with van der Waals surface area (Å²) in [6.45, 7) is 1.93. The first kappa shape index (κ1) is 20.0. The van der Waals surface area contributed by atoms with Crippen molar-refractivity contribution in [2.24, 2.45) is 5.92 Å². The SMILES string of the molecule is Cc1ccc(S(=O)(=O)N[C@@H]2CCCC[C@H]2[C@H](C#N)c2nc3ccccc3s2)cc1. The van der Waals surface area contributed by atoms with Gasteiger partial charge in [-0.15, -0.1) is 11.3 Å². The monoisotopic (exact) mass is 425 g/mol. The van der Waals surface area contributed by atoms with Gasteiger partial charge in [0.25, 0.3) is 0 Å². The van der Waals surface area contributed by atoms with E-state index in [9.17, 15) is 13.7 Å². The molecule has 0 aliphatic heterocycles. The number of rotatable bonds is 5. The number of nitrogens with zero attached hydrogens (tertiary/aromatic N) is 2. The van der Waals surface area contributed by atoms with Crippen LogP contribution in [0.15, 0.2) is 53.4 Å². The molecule has 3 atom stereocenters. The van der Waals surface area contributed by atoms with Crippen LogP contribution in [-0.2, 0) is 10.0 Å². The minimum absolute atomic E-state index is 0.0884. The van der Waals surface area contributed by atoms with Crippen LogP contribution in [0.2, 0.25) is 0 Å². The molecule has 150 valence electrons. The molecule has 0 saturated heterocycles. The number of aromatic nitrogens is 1. The molecule has 0 amide bonds. The Bertz CT molecular complexity index is 1110. The van der Waals surface area contributed by atoms with Crippen molar-refractivity contribution in [1.29, 1.82) is 5.26 Å². The van der Waals surface area contributed by atoms with E-state index in [4.69, 9.17) is 0 Å². The lowest BCUT2D eigenvalue weighted by atomic mass is 9.77. The number of hydrogen-bond acceptors (Lipinski definition) is 5. The number of thiazole rings is 1. The molecule has 5 nitrogen and oxygen atoms in total. The lowest BCUT2D eigenvalue weighted by Crippen LogP contribution is -2.44. The highest BCUT2D eigenvalue weighted by atomic mass is 32.2. The first-order chi connectivity index (χ1) is 14.0. The van der Waals surface area contributed by atoms with Crippen molar-refractivity contribution in [3.63, 3.8) is 0 Å². The van der Waals surface area contributed by atoms with E-state index in [1.807, 2.05) is 31.2 Å². The number of sulfonamides is 1. The van der Waals surface area contributed by atoms with Crippen molar-refractivity contribution in [3.05, 3.63) is 59.1 Å². The van der Waals surface area contributed by atoms with Crippen LogP contribution in [0.3, 0.4) is 0 Å². The summed E-state index contributed by atoms with van der Waals surface area (Å²) in [6, 6.07) is 16.9. The number of fused-ring (bicyclic) bond motifs is 1. The third-order valence-electron chi connectivity index (χ3n) is 5.60. The zero-order valence-electron chi connectivity index (χ0n) is 16.2. The average Bonchev–Trinajstić information content (AvgIpc) is 3.14. The Labute approximate surface area is 175 Å². The summed E-state index contributed by atoms with van der Waals surface area (Å²) < 4.78 is 29.8. The van der Waals surface area contributed by atoms with Gasteiger partial charge in [0.05, 0.1) is 21.2 Å². The molecule has 0 spiro atoms. The summed E-state index contributed by atoms with van der Waals surface area (Å²) in [4.78, 5) is 4.94.